The summed E-state index contributed by atoms with van der Waals surface area (Å²) >= 11 is 0. The first-order valence-electron chi connectivity index (χ1n) is 13.2. The van der Waals surface area contributed by atoms with Crippen LogP contribution in [-0.2, 0) is 27.7 Å². The Kier molecular flexibility index (Phi) is 6.36. The van der Waals surface area contributed by atoms with Crippen LogP contribution in [0.2, 0.25) is 0 Å². The molecule has 3 aromatic rings. The van der Waals surface area contributed by atoms with Crippen molar-refractivity contribution in [3.05, 3.63) is 52.7 Å². The lowest BCUT2D eigenvalue weighted by molar-refractivity contribution is -0.137. The number of likely N-dealkylation sites (tertiary alicyclic amines) is 1. The van der Waals surface area contributed by atoms with E-state index in [-0.39, 0.29) is 35.4 Å². The van der Waals surface area contributed by atoms with E-state index >= 15 is 0 Å². The van der Waals surface area contributed by atoms with Crippen LogP contribution in [0.4, 0.5) is 0 Å². The number of nitrogens with zero attached hydrogens (tertiary/aromatic N) is 6. The van der Waals surface area contributed by atoms with Gasteiger partial charge in [0.15, 0.2) is 15.5 Å². The molecule has 2 aliphatic heterocycles. The lowest BCUT2D eigenvalue weighted by atomic mass is 9.91. The van der Waals surface area contributed by atoms with E-state index in [9.17, 15) is 23.1 Å². The summed E-state index contributed by atoms with van der Waals surface area (Å²) < 4.78 is 26.5. The highest BCUT2D eigenvalue weighted by Gasteiger charge is 2.39. The maximum absolute atomic E-state index is 13.3. The zero-order chi connectivity index (χ0) is 26.5. The second-order valence-electron chi connectivity index (χ2n) is 10.9. The first-order chi connectivity index (χ1) is 18.2. The van der Waals surface area contributed by atoms with Crippen LogP contribution in [0.15, 0.2) is 41.6 Å². The Morgan fingerprint density at radius 1 is 1.11 bits per heavy atom. The van der Waals surface area contributed by atoms with Crippen molar-refractivity contribution >= 4 is 26.8 Å². The minimum Gasteiger partial charge on any atom is -0.388 e. The van der Waals surface area contributed by atoms with Crippen LogP contribution in [0.25, 0.3) is 16.7 Å². The van der Waals surface area contributed by atoms with Crippen molar-refractivity contribution in [2.45, 2.75) is 44.4 Å². The molecule has 1 N–H and O–H groups in total. The number of aliphatic hydroxyl groups is 1. The SMILES string of the molecule is O=C(C1CC1)N1CCC(O)(Cn2cnc3c(cnn3-c3cccc(CN4CCS(=O)(=O)CC4)c3)c2=O)CC1. The molecule has 0 spiro atoms. The minimum atomic E-state index is -2.93. The lowest BCUT2D eigenvalue weighted by Crippen LogP contribution is -2.50. The van der Waals surface area contributed by atoms with Crippen LogP contribution >= 0.6 is 0 Å². The third-order valence-corrected chi connectivity index (χ3v) is 9.56. The second-order valence-corrected chi connectivity index (χ2v) is 13.2. The van der Waals surface area contributed by atoms with E-state index in [4.69, 9.17) is 0 Å². The number of carbonyl (C=O) groups excluding carboxylic acids is 1. The Bertz CT molecular complexity index is 1520. The van der Waals surface area contributed by atoms with Gasteiger partial charge in [-0.15, -0.1) is 0 Å². The standard InChI is InChI=1S/C26H32N6O5S/c33-24(20-4-5-20)30-8-6-26(35,7-9-30)17-31-18-27-23-22(25(31)34)15-28-32(23)21-3-1-2-19(14-21)16-29-10-12-38(36,37)13-11-29/h1-3,14-15,18,20,35H,4-13,16-17H2. The van der Waals surface area contributed by atoms with Gasteiger partial charge in [0.1, 0.15) is 11.7 Å². The number of aromatic nitrogens is 4. The number of rotatable bonds is 6. The molecule has 6 rings (SSSR count). The summed E-state index contributed by atoms with van der Waals surface area (Å²) in [6, 6.07) is 7.77. The minimum absolute atomic E-state index is 0.118. The van der Waals surface area contributed by atoms with Gasteiger partial charge in [-0.1, -0.05) is 12.1 Å². The maximum Gasteiger partial charge on any atom is 0.264 e. The largest absolute Gasteiger partial charge is 0.388 e. The van der Waals surface area contributed by atoms with Gasteiger partial charge >= 0.3 is 0 Å². The topological polar surface area (TPSA) is 131 Å². The fraction of sp³-hybridized carbons (Fsp3) is 0.538. The molecule has 0 unspecified atom stereocenters. The fourth-order valence-electron chi connectivity index (χ4n) is 5.41. The van der Waals surface area contributed by atoms with Gasteiger partial charge in [-0.2, -0.15) is 5.10 Å². The van der Waals surface area contributed by atoms with Crippen LogP contribution in [0, 0.1) is 5.92 Å². The van der Waals surface area contributed by atoms with Crippen molar-refractivity contribution in [3.63, 3.8) is 0 Å². The Hall–Kier alpha value is -3.09. The number of amides is 1. The van der Waals surface area contributed by atoms with E-state index < -0.39 is 15.4 Å². The molecule has 0 bridgehead atoms. The maximum atomic E-state index is 13.3. The molecule has 38 heavy (non-hydrogen) atoms. The molecule has 202 valence electrons. The second kappa shape index (κ2) is 9.58. The lowest BCUT2D eigenvalue weighted by Gasteiger charge is -2.38. The van der Waals surface area contributed by atoms with Gasteiger partial charge in [0, 0.05) is 38.6 Å². The van der Waals surface area contributed by atoms with E-state index in [0.717, 1.165) is 24.1 Å². The van der Waals surface area contributed by atoms with Gasteiger partial charge in [0.25, 0.3) is 5.56 Å². The number of piperidine rings is 1. The van der Waals surface area contributed by atoms with E-state index in [1.165, 1.54) is 17.1 Å². The Labute approximate surface area is 220 Å². The van der Waals surface area contributed by atoms with Gasteiger partial charge in [-0.05, 0) is 43.4 Å². The monoisotopic (exact) mass is 540 g/mol. The van der Waals surface area contributed by atoms with Crippen LogP contribution in [0.3, 0.4) is 0 Å². The average molecular weight is 541 g/mol. The molecule has 2 saturated heterocycles. The summed E-state index contributed by atoms with van der Waals surface area (Å²) in [4.78, 5) is 34.1. The van der Waals surface area contributed by atoms with Crippen LogP contribution in [0.1, 0.15) is 31.2 Å². The van der Waals surface area contributed by atoms with E-state index in [2.05, 4.69) is 15.0 Å². The summed E-state index contributed by atoms with van der Waals surface area (Å²) in [5, 5.41) is 16.0. The van der Waals surface area contributed by atoms with Crippen molar-refractivity contribution in [1.29, 1.82) is 0 Å². The highest BCUT2D eigenvalue weighted by atomic mass is 32.2. The number of hydrogen-bond donors (Lipinski definition) is 1. The van der Waals surface area contributed by atoms with Crippen LogP contribution < -0.4 is 5.56 Å². The molecule has 3 aliphatic rings. The fourth-order valence-corrected chi connectivity index (χ4v) is 6.69. The first-order valence-corrected chi connectivity index (χ1v) is 15.0. The van der Waals surface area contributed by atoms with Gasteiger partial charge in [-0.25, -0.2) is 18.1 Å². The smallest absolute Gasteiger partial charge is 0.264 e. The average Bonchev–Trinajstić information content (AvgIpc) is 3.66. The Morgan fingerprint density at radius 3 is 2.55 bits per heavy atom. The summed E-state index contributed by atoms with van der Waals surface area (Å²) in [7, 11) is -2.93. The van der Waals surface area contributed by atoms with E-state index in [1.54, 1.807) is 4.68 Å². The highest BCUT2D eigenvalue weighted by molar-refractivity contribution is 7.91. The molecule has 0 radical (unpaired) electrons. The molecule has 11 nitrogen and oxygen atoms in total. The summed E-state index contributed by atoms with van der Waals surface area (Å²) in [5.41, 5.74) is 0.879. The number of hydrogen-bond acceptors (Lipinski definition) is 8. The molecule has 0 atom stereocenters. The normalized spacial score (nSPS) is 21.6. The Morgan fingerprint density at radius 2 is 1.84 bits per heavy atom. The number of benzene rings is 1. The predicted molar refractivity (Wildman–Crippen MR) is 141 cm³/mol. The molecular weight excluding hydrogens is 508 g/mol. The molecule has 12 heteroatoms. The first kappa shape index (κ1) is 25.2. The Balaban J connectivity index is 1.17. The third kappa shape index (κ3) is 5.12. The van der Waals surface area contributed by atoms with Crippen LogP contribution in [-0.4, -0.2) is 91.8 Å². The van der Waals surface area contributed by atoms with E-state index in [1.807, 2.05) is 29.2 Å². The zero-order valence-electron chi connectivity index (χ0n) is 21.2. The van der Waals surface area contributed by atoms with Crippen molar-refractivity contribution in [1.82, 2.24) is 29.1 Å². The molecule has 1 saturated carbocycles. The quantitative estimate of drug-likeness (QED) is 0.481. The van der Waals surface area contributed by atoms with E-state index in [0.29, 0.717) is 56.6 Å². The van der Waals surface area contributed by atoms with Crippen molar-refractivity contribution in [2.75, 3.05) is 37.7 Å². The summed E-state index contributed by atoms with van der Waals surface area (Å²) in [6.07, 6.45) is 5.73. The molecular formula is C26H32N6O5S. The summed E-state index contributed by atoms with van der Waals surface area (Å²) in [5.74, 6) is 0.709. The number of fused-ring (bicyclic) bond motifs is 1. The molecule has 2 aromatic heterocycles. The van der Waals surface area contributed by atoms with Crippen molar-refractivity contribution in [3.8, 4) is 5.69 Å². The number of sulfone groups is 1. The van der Waals surface area contributed by atoms with Crippen molar-refractivity contribution < 1.29 is 18.3 Å². The molecule has 1 aromatic carbocycles. The predicted octanol–water partition coefficient (Wildman–Crippen LogP) is 0.576. The van der Waals surface area contributed by atoms with Gasteiger partial charge < -0.3 is 10.0 Å². The van der Waals surface area contributed by atoms with Gasteiger partial charge in [0.2, 0.25) is 5.91 Å². The van der Waals surface area contributed by atoms with Crippen LogP contribution in [0.5, 0.6) is 0 Å². The van der Waals surface area contributed by atoms with Gasteiger partial charge in [-0.3, -0.25) is 19.1 Å². The zero-order valence-corrected chi connectivity index (χ0v) is 22.0. The highest BCUT2D eigenvalue weighted by Crippen LogP contribution is 2.33. The molecule has 4 heterocycles. The third-order valence-electron chi connectivity index (χ3n) is 7.95. The van der Waals surface area contributed by atoms with Gasteiger partial charge in [0.05, 0.1) is 35.5 Å². The van der Waals surface area contributed by atoms with Crippen molar-refractivity contribution in [2.24, 2.45) is 5.92 Å². The molecule has 1 aliphatic carbocycles. The number of carbonyl (C=O) groups is 1. The molecule has 3 fully saturated rings. The molecule has 1 amide bonds. The summed E-state index contributed by atoms with van der Waals surface area (Å²) in [6.45, 7) is 2.77.